The van der Waals surface area contributed by atoms with Gasteiger partial charge in [0.15, 0.2) is 0 Å². The third kappa shape index (κ3) is 3.97. The molecule has 0 bridgehead atoms. The smallest absolute Gasteiger partial charge is 0.445 e. The molecule has 1 aromatic carbocycles. The van der Waals surface area contributed by atoms with E-state index in [0.717, 1.165) is 17.8 Å². The topological polar surface area (TPSA) is 0 Å². The molecular weight excluding hydrogens is 223 g/mol. The van der Waals surface area contributed by atoms with Crippen molar-refractivity contribution in [3.8, 4) is 0 Å². The van der Waals surface area contributed by atoms with Crippen molar-refractivity contribution in [2.45, 2.75) is 4.90 Å². The zero-order valence-corrected chi connectivity index (χ0v) is 11.4. The summed E-state index contributed by atoms with van der Waals surface area (Å²) in [6.07, 6.45) is 1.64. The monoisotopic (exact) mass is 230 g/mol. The predicted molar refractivity (Wildman–Crippen MR) is 46.9 cm³/mol. The third-order valence-electron chi connectivity index (χ3n) is 1.49. The van der Waals surface area contributed by atoms with E-state index < -0.39 is 12.4 Å². The zero-order chi connectivity index (χ0) is 9.19. The Labute approximate surface area is 122 Å². The summed E-state index contributed by atoms with van der Waals surface area (Å²) in [5.74, 6) is 0. The first-order chi connectivity index (χ1) is 5.55. The second-order valence-corrected chi connectivity index (χ2v) is 3.16. The Bertz CT molecular complexity index is 277. The van der Waals surface area contributed by atoms with Crippen LogP contribution in [0.1, 0.15) is 0 Å². The minimum atomic E-state index is -4.86. The Morgan fingerprint density at radius 1 is 1.15 bits per heavy atom. The van der Waals surface area contributed by atoms with Gasteiger partial charge in [-0.05, 0) is 11.2 Å². The maximum Gasteiger partial charge on any atom is 1.00 e. The van der Waals surface area contributed by atoms with Crippen molar-refractivity contribution in [3.63, 3.8) is 0 Å². The Morgan fingerprint density at radius 3 is 2.08 bits per heavy atom. The first-order valence-corrected chi connectivity index (χ1v) is 4.61. The molecule has 66 valence electrons. The van der Waals surface area contributed by atoms with Gasteiger partial charge in [0.2, 0.25) is 0 Å². The van der Waals surface area contributed by atoms with Crippen LogP contribution in [0.3, 0.4) is 0 Å². The summed E-state index contributed by atoms with van der Waals surface area (Å²) in [7, 11) is 0. The van der Waals surface area contributed by atoms with Crippen molar-refractivity contribution in [2.24, 2.45) is 0 Å². The number of rotatable bonds is 2. The van der Waals surface area contributed by atoms with Gasteiger partial charge in [0.25, 0.3) is 0 Å². The molecule has 0 N–H and O–H groups in total. The van der Waals surface area contributed by atoms with Crippen LogP contribution in [0.25, 0.3) is 0 Å². The van der Waals surface area contributed by atoms with Crippen LogP contribution < -0.4 is 56.8 Å². The molecule has 0 spiro atoms. The van der Waals surface area contributed by atoms with Gasteiger partial charge in [-0.25, -0.2) is 0 Å². The van der Waals surface area contributed by atoms with Gasteiger partial charge < -0.3 is 12.9 Å². The molecule has 0 aliphatic carbocycles. The van der Waals surface area contributed by atoms with Crippen LogP contribution in [0.5, 0.6) is 0 Å². The average molecular weight is 230 g/mol. The van der Waals surface area contributed by atoms with E-state index >= 15 is 0 Å². The van der Waals surface area contributed by atoms with Crippen molar-refractivity contribution < 1.29 is 64.3 Å². The summed E-state index contributed by atoms with van der Waals surface area (Å²) >= 11 is 1.12. The van der Waals surface area contributed by atoms with Gasteiger partial charge in [0.1, 0.15) is 0 Å². The molecule has 0 saturated carbocycles. The zero-order valence-electron chi connectivity index (χ0n) is 7.43. The van der Waals surface area contributed by atoms with Gasteiger partial charge >= 0.3 is 58.4 Å². The summed E-state index contributed by atoms with van der Waals surface area (Å²) in [6.45, 7) is -4.86. The standard InChI is InChI=1S/C7H7BF3S.K/c1-12-7-5-3-2-4-6(7)8(9,10)11;/h2-5H,1H3;/q-1;+1. The molecule has 0 fully saturated rings. The van der Waals surface area contributed by atoms with Crippen molar-refractivity contribution >= 4 is 24.2 Å². The van der Waals surface area contributed by atoms with E-state index in [1.807, 2.05) is 0 Å². The fourth-order valence-corrected chi connectivity index (χ4v) is 1.59. The van der Waals surface area contributed by atoms with Gasteiger partial charge in [-0.3, -0.25) is 0 Å². The van der Waals surface area contributed by atoms with Gasteiger partial charge in [0, 0.05) is 0 Å². The number of halogens is 3. The maximum absolute atomic E-state index is 12.3. The van der Waals surface area contributed by atoms with Gasteiger partial charge in [0.05, 0.1) is 0 Å². The van der Waals surface area contributed by atoms with Crippen LogP contribution in [-0.4, -0.2) is 13.2 Å². The summed E-state index contributed by atoms with van der Waals surface area (Å²) < 4.78 is 36.9. The number of hydrogen-bond donors (Lipinski definition) is 0. The van der Waals surface area contributed by atoms with Crippen LogP contribution >= 0.6 is 11.8 Å². The van der Waals surface area contributed by atoms with E-state index in [1.54, 1.807) is 12.3 Å². The molecule has 1 rings (SSSR count). The molecule has 0 nitrogen and oxygen atoms in total. The fourth-order valence-electron chi connectivity index (χ4n) is 0.937. The van der Waals surface area contributed by atoms with E-state index in [-0.39, 0.29) is 51.4 Å². The predicted octanol–water partition coefficient (Wildman–Crippen LogP) is -0.533. The number of benzene rings is 1. The molecule has 0 saturated heterocycles. The first kappa shape index (κ1) is 14.1. The largest absolute Gasteiger partial charge is 1.00 e. The van der Waals surface area contributed by atoms with E-state index in [0.29, 0.717) is 4.90 Å². The molecule has 0 aromatic heterocycles. The molecule has 0 amide bonds. The molecule has 0 heterocycles. The van der Waals surface area contributed by atoms with E-state index in [9.17, 15) is 12.9 Å². The van der Waals surface area contributed by atoms with Gasteiger partial charge in [-0.1, -0.05) is 29.7 Å². The maximum atomic E-state index is 12.3. The van der Waals surface area contributed by atoms with Crippen LogP contribution in [0.15, 0.2) is 29.2 Å². The molecular formula is C7H7BF3KS. The minimum absolute atomic E-state index is 0. The Balaban J connectivity index is 0.00000144. The van der Waals surface area contributed by atoms with Crippen LogP contribution in [-0.2, 0) is 0 Å². The molecule has 0 atom stereocenters. The van der Waals surface area contributed by atoms with Gasteiger partial charge in [-0.15, -0.1) is 11.8 Å². The minimum Gasteiger partial charge on any atom is -0.445 e. The molecule has 13 heavy (non-hydrogen) atoms. The fraction of sp³-hybridized carbons (Fsp3) is 0.143. The third-order valence-corrected chi connectivity index (χ3v) is 2.30. The average Bonchev–Trinajstić information content (AvgIpc) is 2.03. The summed E-state index contributed by atoms with van der Waals surface area (Å²) in [4.78, 5) is 0.296. The normalized spacial score (nSPS) is 10.8. The van der Waals surface area contributed by atoms with Crippen LogP contribution in [0, 0.1) is 0 Å². The molecule has 0 aliphatic rings. The summed E-state index contributed by atoms with van der Waals surface area (Å²) in [5, 5.41) is 0. The molecule has 0 radical (unpaired) electrons. The van der Waals surface area contributed by atoms with Gasteiger partial charge in [-0.2, -0.15) is 0 Å². The van der Waals surface area contributed by atoms with Crippen LogP contribution in [0.4, 0.5) is 12.9 Å². The summed E-state index contributed by atoms with van der Waals surface area (Å²) in [6, 6.07) is 5.61. The van der Waals surface area contributed by atoms with Crippen LogP contribution in [0.2, 0.25) is 0 Å². The Hall–Kier alpha value is 1.06. The van der Waals surface area contributed by atoms with E-state index in [2.05, 4.69) is 0 Å². The second-order valence-electron chi connectivity index (χ2n) is 2.32. The van der Waals surface area contributed by atoms with E-state index in [4.69, 9.17) is 0 Å². The Morgan fingerprint density at radius 2 is 1.69 bits per heavy atom. The van der Waals surface area contributed by atoms with Crippen molar-refractivity contribution in [1.82, 2.24) is 0 Å². The molecule has 0 aliphatic heterocycles. The summed E-state index contributed by atoms with van der Waals surface area (Å²) in [5.41, 5.74) is -0.495. The number of hydrogen-bond acceptors (Lipinski definition) is 1. The molecule has 6 heteroatoms. The molecule has 0 unspecified atom stereocenters. The van der Waals surface area contributed by atoms with E-state index in [1.165, 1.54) is 12.1 Å². The second kappa shape index (κ2) is 5.82. The SMILES string of the molecule is CSc1ccccc1[B-](F)(F)F.[K+]. The number of thioether (sulfide) groups is 1. The molecule has 1 aromatic rings. The Kier molecular flexibility index (Phi) is 6.30. The van der Waals surface area contributed by atoms with Crippen molar-refractivity contribution in [2.75, 3.05) is 6.26 Å². The van der Waals surface area contributed by atoms with Crippen molar-refractivity contribution in [3.05, 3.63) is 24.3 Å². The van der Waals surface area contributed by atoms with Crippen molar-refractivity contribution in [1.29, 1.82) is 0 Å². The first-order valence-electron chi connectivity index (χ1n) is 3.38. The quantitative estimate of drug-likeness (QED) is 0.486.